The quantitative estimate of drug-likeness (QED) is 0.794. The first-order chi connectivity index (χ1) is 11.4. The number of hydrogen-bond donors (Lipinski definition) is 1. The molecule has 0 aliphatic heterocycles. The molecule has 130 valence electrons. The third kappa shape index (κ3) is 4.92. The molecule has 1 heterocycles. The lowest BCUT2D eigenvalue weighted by atomic mass is 9.96. The highest BCUT2D eigenvalue weighted by atomic mass is 32.2. The van der Waals surface area contributed by atoms with E-state index in [1.807, 2.05) is 37.3 Å². The molecular weight excluding hydrogens is 326 g/mol. The van der Waals surface area contributed by atoms with Gasteiger partial charge in [0.05, 0.1) is 18.2 Å². The van der Waals surface area contributed by atoms with Crippen LogP contribution in [0, 0.1) is 0 Å². The summed E-state index contributed by atoms with van der Waals surface area (Å²) < 4.78 is 24.6. The van der Waals surface area contributed by atoms with Crippen molar-refractivity contribution in [3.05, 3.63) is 48.2 Å². The first-order valence-electron chi connectivity index (χ1n) is 8.05. The van der Waals surface area contributed by atoms with Crippen molar-refractivity contribution in [3.63, 3.8) is 0 Å². The Labute approximate surface area is 142 Å². The molecule has 0 fully saturated rings. The number of carbonyl (C=O) groups excluding carboxylic acids is 1. The number of benzene rings is 1. The van der Waals surface area contributed by atoms with E-state index < -0.39 is 9.84 Å². The second-order valence-electron chi connectivity index (χ2n) is 5.56. The van der Waals surface area contributed by atoms with Gasteiger partial charge >= 0.3 is 0 Å². The van der Waals surface area contributed by atoms with Gasteiger partial charge in [0.15, 0.2) is 15.7 Å². The lowest BCUT2D eigenvalue weighted by Gasteiger charge is -2.14. The molecule has 0 radical (unpaired) electrons. The highest BCUT2D eigenvalue weighted by Gasteiger charge is 2.19. The normalized spacial score (nSPS) is 12.8. The fraction of sp³-hybridized carbons (Fsp3) is 0.412. The highest BCUT2D eigenvalue weighted by molar-refractivity contribution is 7.91. The molecule has 24 heavy (non-hydrogen) atoms. The third-order valence-corrected chi connectivity index (χ3v) is 5.57. The van der Waals surface area contributed by atoms with Gasteiger partial charge in [-0.15, -0.1) is 0 Å². The Hall–Kier alpha value is -2.15. The van der Waals surface area contributed by atoms with Crippen molar-refractivity contribution in [2.24, 2.45) is 0 Å². The first kappa shape index (κ1) is 18.2. The summed E-state index contributed by atoms with van der Waals surface area (Å²) in [5.41, 5.74) is 0.964. The van der Waals surface area contributed by atoms with E-state index in [-0.39, 0.29) is 29.9 Å². The summed E-state index contributed by atoms with van der Waals surface area (Å²) in [7, 11) is -3.03. The van der Waals surface area contributed by atoms with Gasteiger partial charge in [0.1, 0.15) is 0 Å². The molecule has 0 spiro atoms. The van der Waals surface area contributed by atoms with E-state index in [9.17, 15) is 13.2 Å². The number of aryl methyl sites for hydroxylation is 1. The zero-order valence-corrected chi connectivity index (χ0v) is 14.8. The Kier molecular flexibility index (Phi) is 6.14. The van der Waals surface area contributed by atoms with Crippen molar-refractivity contribution < 1.29 is 13.2 Å². The van der Waals surface area contributed by atoms with Crippen LogP contribution in [0.5, 0.6) is 0 Å². The fourth-order valence-corrected chi connectivity index (χ4v) is 3.15. The van der Waals surface area contributed by atoms with Crippen LogP contribution in [0.15, 0.2) is 42.6 Å². The standard InChI is InChI=1S/C17H23N3O3S/c1-3-15(14-8-6-5-7-9-14)17(21)18-16-10-11-20(19-16)12-13-24(22,23)4-2/h5-11,15H,3-4,12-13H2,1-2H3,(H,18,19,21). The number of sulfone groups is 1. The van der Waals surface area contributed by atoms with E-state index in [0.29, 0.717) is 12.2 Å². The lowest BCUT2D eigenvalue weighted by molar-refractivity contribution is -0.117. The number of nitrogens with one attached hydrogen (secondary N) is 1. The van der Waals surface area contributed by atoms with Crippen LogP contribution < -0.4 is 5.32 Å². The van der Waals surface area contributed by atoms with Crippen LogP contribution >= 0.6 is 0 Å². The Morgan fingerprint density at radius 2 is 1.92 bits per heavy atom. The van der Waals surface area contributed by atoms with Crippen molar-refractivity contribution in [2.75, 3.05) is 16.8 Å². The van der Waals surface area contributed by atoms with Crippen LogP contribution in [0.4, 0.5) is 5.82 Å². The third-order valence-electron chi connectivity index (χ3n) is 3.89. The summed E-state index contributed by atoms with van der Waals surface area (Å²) in [6.07, 6.45) is 2.36. The van der Waals surface area contributed by atoms with Gasteiger partial charge in [-0.25, -0.2) is 8.42 Å². The zero-order valence-electron chi connectivity index (χ0n) is 14.0. The van der Waals surface area contributed by atoms with Gasteiger partial charge in [0.2, 0.25) is 5.91 Å². The van der Waals surface area contributed by atoms with Gasteiger partial charge in [0, 0.05) is 18.0 Å². The minimum atomic E-state index is -3.03. The van der Waals surface area contributed by atoms with E-state index in [0.717, 1.165) is 5.56 Å². The van der Waals surface area contributed by atoms with Crippen LogP contribution in [0.1, 0.15) is 31.7 Å². The molecule has 0 saturated heterocycles. The molecule has 0 saturated carbocycles. The van der Waals surface area contributed by atoms with Crippen LogP contribution in [0.3, 0.4) is 0 Å². The number of anilines is 1. The maximum Gasteiger partial charge on any atom is 0.233 e. The summed E-state index contributed by atoms with van der Waals surface area (Å²) in [6, 6.07) is 11.3. The molecule has 1 aromatic carbocycles. The molecule has 0 bridgehead atoms. The number of hydrogen-bond acceptors (Lipinski definition) is 4. The van der Waals surface area contributed by atoms with Gasteiger partial charge in [-0.1, -0.05) is 44.2 Å². The van der Waals surface area contributed by atoms with Crippen LogP contribution in [0.2, 0.25) is 0 Å². The molecule has 0 aliphatic rings. The van der Waals surface area contributed by atoms with Crippen LogP contribution in [0.25, 0.3) is 0 Å². The zero-order chi connectivity index (χ0) is 17.6. The minimum absolute atomic E-state index is 0.0418. The molecule has 1 N–H and O–H groups in total. The van der Waals surface area contributed by atoms with Crippen molar-refractivity contribution in [3.8, 4) is 0 Å². The Balaban J connectivity index is 1.99. The van der Waals surface area contributed by atoms with Crippen molar-refractivity contribution in [1.82, 2.24) is 9.78 Å². The first-order valence-corrected chi connectivity index (χ1v) is 9.87. The molecule has 0 aliphatic carbocycles. The largest absolute Gasteiger partial charge is 0.309 e. The molecule has 7 heteroatoms. The maximum atomic E-state index is 12.5. The van der Waals surface area contributed by atoms with E-state index in [1.165, 1.54) is 4.68 Å². The van der Waals surface area contributed by atoms with Crippen molar-refractivity contribution in [2.45, 2.75) is 32.7 Å². The number of amides is 1. The van der Waals surface area contributed by atoms with Crippen LogP contribution in [-0.4, -0.2) is 35.6 Å². The predicted octanol–water partition coefficient (Wildman–Crippen LogP) is 2.45. The van der Waals surface area contributed by atoms with E-state index in [2.05, 4.69) is 10.4 Å². The Morgan fingerprint density at radius 1 is 1.21 bits per heavy atom. The Morgan fingerprint density at radius 3 is 2.54 bits per heavy atom. The SMILES string of the molecule is CCC(C(=O)Nc1ccn(CCS(=O)(=O)CC)n1)c1ccccc1. The van der Waals surface area contributed by atoms with Gasteiger partial charge in [-0.2, -0.15) is 5.10 Å². The second kappa shape index (κ2) is 8.10. The fourth-order valence-electron chi connectivity index (χ4n) is 2.40. The smallest absolute Gasteiger partial charge is 0.233 e. The summed E-state index contributed by atoms with van der Waals surface area (Å²) in [4.78, 5) is 12.5. The molecular formula is C17H23N3O3S. The number of rotatable bonds is 8. The van der Waals surface area contributed by atoms with E-state index in [1.54, 1.807) is 19.2 Å². The molecule has 2 rings (SSSR count). The van der Waals surface area contributed by atoms with Crippen molar-refractivity contribution in [1.29, 1.82) is 0 Å². The molecule has 6 nitrogen and oxygen atoms in total. The summed E-state index contributed by atoms with van der Waals surface area (Å²) in [5.74, 6) is 0.239. The summed E-state index contributed by atoms with van der Waals surface area (Å²) in [5, 5.41) is 7.02. The van der Waals surface area contributed by atoms with Crippen LogP contribution in [-0.2, 0) is 21.2 Å². The van der Waals surface area contributed by atoms with Crippen molar-refractivity contribution >= 4 is 21.6 Å². The molecule has 1 aromatic heterocycles. The van der Waals surface area contributed by atoms with Gasteiger partial charge in [-0.05, 0) is 12.0 Å². The summed E-state index contributed by atoms with van der Waals surface area (Å²) in [6.45, 7) is 3.87. The second-order valence-corrected chi connectivity index (χ2v) is 8.03. The number of carbonyl (C=O) groups is 1. The minimum Gasteiger partial charge on any atom is -0.309 e. The maximum absolute atomic E-state index is 12.5. The average Bonchev–Trinajstić information content (AvgIpc) is 3.02. The Bertz CT molecular complexity index is 769. The van der Waals surface area contributed by atoms with E-state index >= 15 is 0 Å². The molecule has 2 aromatic rings. The highest BCUT2D eigenvalue weighted by Crippen LogP contribution is 2.21. The lowest BCUT2D eigenvalue weighted by Crippen LogP contribution is -2.21. The van der Waals surface area contributed by atoms with Gasteiger partial charge < -0.3 is 5.32 Å². The molecule has 1 unspecified atom stereocenters. The number of aromatic nitrogens is 2. The molecule has 1 amide bonds. The predicted molar refractivity (Wildman–Crippen MR) is 94.7 cm³/mol. The summed E-state index contributed by atoms with van der Waals surface area (Å²) >= 11 is 0. The van der Waals surface area contributed by atoms with Gasteiger partial charge in [-0.3, -0.25) is 9.48 Å². The topological polar surface area (TPSA) is 81.1 Å². The number of nitrogens with zero attached hydrogens (tertiary/aromatic N) is 2. The monoisotopic (exact) mass is 349 g/mol. The average molecular weight is 349 g/mol. The van der Waals surface area contributed by atoms with Gasteiger partial charge in [0.25, 0.3) is 0 Å². The molecule has 1 atom stereocenters. The van der Waals surface area contributed by atoms with E-state index in [4.69, 9.17) is 0 Å².